The van der Waals surface area contributed by atoms with Crippen molar-refractivity contribution in [2.45, 2.75) is 0 Å². The molecule has 0 radical (unpaired) electrons. The third kappa shape index (κ3) is 3.16. The highest BCUT2D eigenvalue weighted by Gasteiger charge is 2.17. The number of carboxylic acids is 1. The van der Waals surface area contributed by atoms with Gasteiger partial charge in [0.2, 0.25) is 0 Å². The lowest BCUT2D eigenvalue weighted by atomic mass is 10.2. The minimum atomic E-state index is -1.42. The molecule has 2 aromatic carbocycles. The smallest absolute Gasteiger partial charge is 0.335 e. The number of hydrogen-bond donors (Lipinski definition) is 1. The molecule has 0 unspecified atom stereocenters. The van der Waals surface area contributed by atoms with Crippen molar-refractivity contribution < 1.29 is 23.4 Å². The standard InChI is InChI=1S/C13H6Br2F2O3/c14-7-1-2-11(8(15)5-7)20-12-9(16)3-6(13(18)19)4-10(12)17/h1-5H,(H,18,19). The molecule has 0 bridgehead atoms. The maximum absolute atomic E-state index is 13.7. The minimum Gasteiger partial charge on any atom is -0.478 e. The van der Waals surface area contributed by atoms with Crippen molar-refractivity contribution in [3.8, 4) is 11.5 Å². The van der Waals surface area contributed by atoms with Crippen LogP contribution in [-0.2, 0) is 0 Å². The molecule has 0 saturated carbocycles. The van der Waals surface area contributed by atoms with Crippen molar-refractivity contribution in [1.29, 1.82) is 0 Å². The van der Waals surface area contributed by atoms with Crippen molar-refractivity contribution in [3.05, 3.63) is 56.5 Å². The second-order valence-electron chi connectivity index (χ2n) is 3.75. The van der Waals surface area contributed by atoms with E-state index in [1.165, 1.54) is 6.07 Å². The maximum atomic E-state index is 13.7. The Bertz CT molecular complexity index is 666. The van der Waals surface area contributed by atoms with E-state index in [4.69, 9.17) is 9.84 Å². The predicted molar refractivity (Wildman–Crippen MR) is 75.2 cm³/mol. The molecule has 0 atom stereocenters. The number of hydrogen-bond acceptors (Lipinski definition) is 2. The molecule has 0 aromatic heterocycles. The van der Waals surface area contributed by atoms with Gasteiger partial charge in [0.05, 0.1) is 10.0 Å². The first-order valence-electron chi connectivity index (χ1n) is 5.23. The minimum absolute atomic E-state index is 0.203. The van der Waals surface area contributed by atoms with Crippen molar-refractivity contribution in [2.24, 2.45) is 0 Å². The van der Waals surface area contributed by atoms with Gasteiger partial charge in [-0.2, -0.15) is 0 Å². The molecule has 7 heteroatoms. The number of carboxylic acid groups (broad SMARTS) is 1. The summed E-state index contributed by atoms with van der Waals surface area (Å²) in [5.74, 6) is -4.04. The number of carbonyl (C=O) groups is 1. The molecule has 0 aliphatic rings. The van der Waals surface area contributed by atoms with Crippen LogP contribution < -0.4 is 4.74 Å². The van der Waals surface area contributed by atoms with Gasteiger partial charge in [0.1, 0.15) is 5.75 Å². The van der Waals surface area contributed by atoms with Crippen LogP contribution in [0.4, 0.5) is 8.78 Å². The molecule has 3 nitrogen and oxygen atoms in total. The van der Waals surface area contributed by atoms with Crippen LogP contribution in [-0.4, -0.2) is 11.1 Å². The summed E-state index contributed by atoms with van der Waals surface area (Å²) in [6, 6.07) is 6.21. The number of aromatic carboxylic acids is 1. The van der Waals surface area contributed by atoms with E-state index >= 15 is 0 Å². The Morgan fingerprint density at radius 3 is 2.20 bits per heavy atom. The third-order valence-electron chi connectivity index (χ3n) is 2.35. The zero-order chi connectivity index (χ0) is 14.9. The van der Waals surface area contributed by atoms with Crippen LogP contribution >= 0.6 is 31.9 Å². The Morgan fingerprint density at radius 1 is 1.10 bits per heavy atom. The summed E-state index contributed by atoms with van der Waals surface area (Å²) in [5, 5.41) is 8.70. The normalized spacial score (nSPS) is 10.4. The van der Waals surface area contributed by atoms with Crippen LogP contribution in [0, 0.1) is 11.6 Å². The zero-order valence-electron chi connectivity index (χ0n) is 9.66. The summed E-state index contributed by atoms with van der Waals surface area (Å²) in [6.45, 7) is 0. The lowest BCUT2D eigenvalue weighted by molar-refractivity contribution is 0.0695. The molecule has 2 aromatic rings. The number of halogens is 4. The molecule has 0 heterocycles. The quantitative estimate of drug-likeness (QED) is 0.780. The molecule has 0 amide bonds. The van der Waals surface area contributed by atoms with Gasteiger partial charge in [0, 0.05) is 4.47 Å². The Balaban J connectivity index is 2.41. The van der Waals surface area contributed by atoms with Gasteiger partial charge < -0.3 is 9.84 Å². The highest BCUT2D eigenvalue weighted by atomic mass is 79.9. The highest BCUT2D eigenvalue weighted by molar-refractivity contribution is 9.11. The van der Waals surface area contributed by atoms with E-state index in [0.717, 1.165) is 4.47 Å². The van der Waals surface area contributed by atoms with Gasteiger partial charge in [0.25, 0.3) is 0 Å². The molecular formula is C13H6Br2F2O3. The fraction of sp³-hybridized carbons (Fsp3) is 0. The lowest BCUT2D eigenvalue weighted by Crippen LogP contribution is -2.01. The molecule has 2 rings (SSSR count). The van der Waals surface area contributed by atoms with Gasteiger partial charge in [-0.15, -0.1) is 0 Å². The Morgan fingerprint density at radius 2 is 1.70 bits per heavy atom. The first-order valence-corrected chi connectivity index (χ1v) is 6.82. The van der Waals surface area contributed by atoms with Crippen molar-refractivity contribution >= 4 is 37.8 Å². The fourth-order valence-corrected chi connectivity index (χ4v) is 2.58. The molecule has 20 heavy (non-hydrogen) atoms. The largest absolute Gasteiger partial charge is 0.478 e. The van der Waals surface area contributed by atoms with Crippen LogP contribution in [0.15, 0.2) is 39.3 Å². The van der Waals surface area contributed by atoms with Crippen LogP contribution in [0.3, 0.4) is 0 Å². The highest BCUT2D eigenvalue weighted by Crippen LogP contribution is 2.34. The van der Waals surface area contributed by atoms with E-state index < -0.39 is 28.9 Å². The van der Waals surface area contributed by atoms with Gasteiger partial charge in [-0.3, -0.25) is 0 Å². The van der Waals surface area contributed by atoms with Crippen molar-refractivity contribution in [3.63, 3.8) is 0 Å². The Labute approximate surface area is 129 Å². The fourth-order valence-electron chi connectivity index (χ4n) is 1.45. The van der Waals surface area contributed by atoms with E-state index in [1.807, 2.05) is 0 Å². The SMILES string of the molecule is O=C(O)c1cc(F)c(Oc2ccc(Br)cc2Br)c(F)c1. The first-order chi connectivity index (χ1) is 9.38. The Hall–Kier alpha value is -1.47. The number of rotatable bonds is 3. The predicted octanol–water partition coefficient (Wildman–Crippen LogP) is 4.98. The summed E-state index contributed by atoms with van der Waals surface area (Å²) in [4.78, 5) is 10.7. The molecule has 0 fully saturated rings. The molecular weight excluding hydrogens is 402 g/mol. The summed E-state index contributed by atoms with van der Waals surface area (Å²) in [5.41, 5.74) is -0.484. The monoisotopic (exact) mass is 406 g/mol. The van der Waals surface area contributed by atoms with Gasteiger partial charge in [-0.05, 0) is 46.3 Å². The maximum Gasteiger partial charge on any atom is 0.335 e. The molecule has 0 aliphatic heterocycles. The van der Waals surface area contributed by atoms with Gasteiger partial charge in [-0.25, -0.2) is 13.6 Å². The summed E-state index contributed by atoms with van der Waals surface area (Å²) in [7, 11) is 0. The van der Waals surface area contributed by atoms with Gasteiger partial charge in [-0.1, -0.05) is 15.9 Å². The van der Waals surface area contributed by atoms with Crippen LogP contribution in [0.25, 0.3) is 0 Å². The Kier molecular flexibility index (Phi) is 4.39. The second kappa shape index (κ2) is 5.88. The van der Waals surface area contributed by atoms with E-state index in [-0.39, 0.29) is 5.75 Å². The van der Waals surface area contributed by atoms with Crippen molar-refractivity contribution in [2.75, 3.05) is 0 Å². The average molecular weight is 408 g/mol. The van der Waals surface area contributed by atoms with E-state index in [9.17, 15) is 13.6 Å². The molecule has 0 aliphatic carbocycles. The molecule has 104 valence electrons. The first kappa shape index (κ1) is 14.9. The molecule has 0 spiro atoms. The van der Waals surface area contributed by atoms with Crippen LogP contribution in [0.5, 0.6) is 11.5 Å². The van der Waals surface area contributed by atoms with Crippen LogP contribution in [0.2, 0.25) is 0 Å². The van der Waals surface area contributed by atoms with Crippen molar-refractivity contribution in [1.82, 2.24) is 0 Å². The summed E-state index contributed by atoms with van der Waals surface area (Å²) >= 11 is 6.43. The second-order valence-corrected chi connectivity index (χ2v) is 5.52. The molecule has 0 saturated heterocycles. The van der Waals surface area contributed by atoms with E-state index in [0.29, 0.717) is 16.6 Å². The number of benzene rings is 2. The lowest BCUT2D eigenvalue weighted by Gasteiger charge is -2.10. The average Bonchev–Trinajstić information content (AvgIpc) is 2.35. The van der Waals surface area contributed by atoms with Gasteiger partial charge >= 0.3 is 5.97 Å². The zero-order valence-corrected chi connectivity index (χ0v) is 12.8. The summed E-state index contributed by atoms with van der Waals surface area (Å²) in [6.07, 6.45) is 0. The topological polar surface area (TPSA) is 46.5 Å². The third-order valence-corrected chi connectivity index (χ3v) is 3.46. The summed E-state index contributed by atoms with van der Waals surface area (Å²) < 4.78 is 33.8. The molecule has 1 N–H and O–H groups in total. The number of ether oxygens (including phenoxy) is 1. The van der Waals surface area contributed by atoms with Crippen LogP contribution in [0.1, 0.15) is 10.4 Å². The van der Waals surface area contributed by atoms with E-state index in [1.54, 1.807) is 12.1 Å². The van der Waals surface area contributed by atoms with Gasteiger partial charge in [0.15, 0.2) is 17.4 Å². The van der Waals surface area contributed by atoms with E-state index in [2.05, 4.69) is 31.9 Å².